The molecular formula is C18H23NO2. The van der Waals surface area contributed by atoms with Crippen molar-refractivity contribution in [1.82, 2.24) is 4.90 Å². The summed E-state index contributed by atoms with van der Waals surface area (Å²) in [5.74, 6) is 0.264. The van der Waals surface area contributed by atoms with Gasteiger partial charge in [-0.1, -0.05) is 42.5 Å². The largest absolute Gasteiger partial charge is 0.375 e. The van der Waals surface area contributed by atoms with Gasteiger partial charge in [0.1, 0.15) is 0 Å². The minimum atomic E-state index is -0.00639. The SMILES string of the molecule is O=C1CC[C@@]2(CCCO2)CCN1C/C=C/c1ccccc1. The maximum absolute atomic E-state index is 12.2. The van der Waals surface area contributed by atoms with Gasteiger partial charge in [0.2, 0.25) is 5.91 Å². The Labute approximate surface area is 126 Å². The van der Waals surface area contributed by atoms with E-state index in [1.807, 2.05) is 23.1 Å². The Morgan fingerprint density at radius 1 is 1.19 bits per heavy atom. The molecule has 0 unspecified atom stereocenters. The van der Waals surface area contributed by atoms with Gasteiger partial charge < -0.3 is 9.64 Å². The minimum Gasteiger partial charge on any atom is -0.375 e. The molecule has 3 nitrogen and oxygen atoms in total. The number of hydrogen-bond acceptors (Lipinski definition) is 2. The molecule has 0 aromatic heterocycles. The molecule has 1 atom stereocenters. The molecule has 0 bridgehead atoms. The number of nitrogens with zero attached hydrogens (tertiary/aromatic N) is 1. The van der Waals surface area contributed by atoms with Gasteiger partial charge in [-0.3, -0.25) is 4.79 Å². The molecule has 2 fully saturated rings. The van der Waals surface area contributed by atoms with Gasteiger partial charge in [0, 0.05) is 26.1 Å². The van der Waals surface area contributed by atoms with Gasteiger partial charge in [0.25, 0.3) is 0 Å². The van der Waals surface area contributed by atoms with E-state index in [1.54, 1.807) is 0 Å². The summed E-state index contributed by atoms with van der Waals surface area (Å²) >= 11 is 0. The second-order valence-electron chi connectivity index (χ2n) is 6.04. The number of rotatable bonds is 3. The molecule has 2 aliphatic rings. The molecule has 2 saturated heterocycles. The van der Waals surface area contributed by atoms with Crippen LogP contribution in [0.15, 0.2) is 36.4 Å². The van der Waals surface area contributed by atoms with Gasteiger partial charge in [-0.2, -0.15) is 0 Å². The Kier molecular flexibility index (Phi) is 4.39. The van der Waals surface area contributed by atoms with Crippen LogP contribution in [0, 0.1) is 0 Å². The fourth-order valence-electron chi connectivity index (χ4n) is 3.30. The lowest BCUT2D eigenvalue weighted by atomic mass is 9.92. The molecule has 0 aliphatic carbocycles. The van der Waals surface area contributed by atoms with E-state index in [-0.39, 0.29) is 11.5 Å². The Balaban J connectivity index is 1.58. The first kappa shape index (κ1) is 14.3. The Hall–Kier alpha value is -1.61. The van der Waals surface area contributed by atoms with Crippen molar-refractivity contribution in [3.05, 3.63) is 42.0 Å². The van der Waals surface area contributed by atoms with Crippen molar-refractivity contribution in [2.75, 3.05) is 19.7 Å². The highest BCUT2D eigenvalue weighted by atomic mass is 16.5. The van der Waals surface area contributed by atoms with E-state index in [0.29, 0.717) is 13.0 Å². The standard InChI is InChI=1S/C18H23NO2/c20-17-9-11-18(10-5-15-21-18)12-14-19(17)13-4-8-16-6-2-1-3-7-16/h1-4,6-8H,5,9-15H2/b8-4+/t18-/m0/s1. The van der Waals surface area contributed by atoms with E-state index >= 15 is 0 Å². The monoisotopic (exact) mass is 285 g/mol. The lowest BCUT2D eigenvalue weighted by molar-refractivity contribution is -0.130. The summed E-state index contributed by atoms with van der Waals surface area (Å²) in [4.78, 5) is 14.2. The van der Waals surface area contributed by atoms with E-state index < -0.39 is 0 Å². The molecule has 0 radical (unpaired) electrons. The van der Waals surface area contributed by atoms with E-state index in [0.717, 1.165) is 38.8 Å². The Morgan fingerprint density at radius 3 is 2.81 bits per heavy atom. The van der Waals surface area contributed by atoms with Crippen LogP contribution >= 0.6 is 0 Å². The molecule has 0 saturated carbocycles. The fourth-order valence-corrected chi connectivity index (χ4v) is 3.30. The summed E-state index contributed by atoms with van der Waals surface area (Å²) < 4.78 is 5.93. The first-order chi connectivity index (χ1) is 10.3. The number of carbonyl (C=O) groups excluding carboxylic acids is 1. The van der Waals surface area contributed by atoms with E-state index in [2.05, 4.69) is 24.3 Å². The molecule has 2 aliphatic heterocycles. The maximum atomic E-state index is 12.2. The minimum absolute atomic E-state index is 0.00639. The number of carbonyl (C=O) groups is 1. The summed E-state index contributed by atoms with van der Waals surface area (Å²) in [5, 5.41) is 0. The van der Waals surface area contributed by atoms with Gasteiger partial charge in [0.05, 0.1) is 5.60 Å². The number of likely N-dealkylation sites (tertiary alicyclic amines) is 1. The average Bonchev–Trinajstić information content (AvgIpc) is 2.92. The average molecular weight is 285 g/mol. The van der Waals surface area contributed by atoms with Gasteiger partial charge in [-0.05, 0) is 31.2 Å². The Morgan fingerprint density at radius 2 is 2.05 bits per heavy atom. The van der Waals surface area contributed by atoms with Crippen molar-refractivity contribution < 1.29 is 9.53 Å². The third kappa shape index (κ3) is 3.53. The van der Waals surface area contributed by atoms with Crippen LogP contribution in [0.5, 0.6) is 0 Å². The number of amides is 1. The Bertz CT molecular complexity index is 503. The lowest BCUT2D eigenvalue weighted by Crippen LogP contribution is -2.32. The topological polar surface area (TPSA) is 29.5 Å². The van der Waals surface area contributed by atoms with Gasteiger partial charge >= 0.3 is 0 Å². The first-order valence-corrected chi connectivity index (χ1v) is 7.91. The second-order valence-corrected chi connectivity index (χ2v) is 6.04. The van der Waals surface area contributed by atoms with E-state index in [1.165, 1.54) is 5.56 Å². The van der Waals surface area contributed by atoms with Crippen LogP contribution in [0.2, 0.25) is 0 Å². The third-order valence-corrected chi connectivity index (χ3v) is 4.61. The second kappa shape index (κ2) is 6.44. The summed E-state index contributed by atoms with van der Waals surface area (Å²) in [7, 11) is 0. The van der Waals surface area contributed by atoms with E-state index in [4.69, 9.17) is 4.74 Å². The molecule has 112 valence electrons. The number of hydrogen-bond donors (Lipinski definition) is 0. The van der Waals surface area contributed by atoms with Crippen molar-refractivity contribution in [3.8, 4) is 0 Å². The molecule has 1 aromatic carbocycles. The molecule has 1 spiro atoms. The molecule has 3 rings (SSSR count). The van der Waals surface area contributed by atoms with Gasteiger partial charge in [-0.25, -0.2) is 0 Å². The number of ether oxygens (including phenoxy) is 1. The quantitative estimate of drug-likeness (QED) is 0.853. The molecular weight excluding hydrogens is 262 g/mol. The molecule has 2 heterocycles. The smallest absolute Gasteiger partial charge is 0.222 e. The van der Waals surface area contributed by atoms with Crippen molar-refractivity contribution >= 4 is 12.0 Å². The summed E-state index contributed by atoms with van der Waals surface area (Å²) in [5.41, 5.74) is 1.17. The van der Waals surface area contributed by atoms with Crippen molar-refractivity contribution in [2.45, 2.75) is 37.7 Å². The van der Waals surface area contributed by atoms with Crippen molar-refractivity contribution in [1.29, 1.82) is 0 Å². The van der Waals surface area contributed by atoms with Crippen LogP contribution in [-0.4, -0.2) is 36.1 Å². The van der Waals surface area contributed by atoms with Crippen molar-refractivity contribution in [2.24, 2.45) is 0 Å². The predicted octanol–water partition coefficient (Wildman–Crippen LogP) is 3.26. The lowest BCUT2D eigenvalue weighted by Gasteiger charge is -2.26. The van der Waals surface area contributed by atoms with Crippen LogP contribution < -0.4 is 0 Å². The highest BCUT2D eigenvalue weighted by molar-refractivity contribution is 5.77. The molecule has 3 heteroatoms. The zero-order valence-corrected chi connectivity index (χ0v) is 12.5. The molecule has 21 heavy (non-hydrogen) atoms. The zero-order valence-electron chi connectivity index (χ0n) is 12.5. The van der Waals surface area contributed by atoms with Crippen molar-refractivity contribution in [3.63, 3.8) is 0 Å². The van der Waals surface area contributed by atoms with Crippen LogP contribution in [0.4, 0.5) is 0 Å². The highest BCUT2D eigenvalue weighted by Crippen LogP contribution is 2.35. The summed E-state index contributed by atoms with van der Waals surface area (Å²) in [6.45, 7) is 2.38. The first-order valence-electron chi connectivity index (χ1n) is 7.91. The molecule has 1 aromatic rings. The maximum Gasteiger partial charge on any atom is 0.222 e. The van der Waals surface area contributed by atoms with Gasteiger partial charge in [-0.15, -0.1) is 0 Å². The normalized spacial score (nSPS) is 26.7. The number of benzene rings is 1. The van der Waals surface area contributed by atoms with E-state index in [9.17, 15) is 4.79 Å². The highest BCUT2D eigenvalue weighted by Gasteiger charge is 2.38. The summed E-state index contributed by atoms with van der Waals surface area (Å²) in [6.07, 6.45) is 8.93. The molecule has 1 amide bonds. The third-order valence-electron chi connectivity index (χ3n) is 4.61. The fraction of sp³-hybridized carbons (Fsp3) is 0.500. The molecule has 0 N–H and O–H groups in total. The van der Waals surface area contributed by atoms with Crippen LogP contribution in [0.3, 0.4) is 0 Å². The van der Waals surface area contributed by atoms with Crippen LogP contribution in [0.25, 0.3) is 6.08 Å². The van der Waals surface area contributed by atoms with Crippen LogP contribution in [-0.2, 0) is 9.53 Å². The van der Waals surface area contributed by atoms with Crippen LogP contribution in [0.1, 0.15) is 37.7 Å². The summed E-state index contributed by atoms with van der Waals surface area (Å²) in [6, 6.07) is 10.2. The van der Waals surface area contributed by atoms with Gasteiger partial charge in [0.15, 0.2) is 0 Å². The predicted molar refractivity (Wildman–Crippen MR) is 83.8 cm³/mol. The zero-order chi connectivity index (χ0) is 14.5.